The van der Waals surface area contributed by atoms with Crippen LogP contribution in [-0.2, 0) is 0 Å². The second-order valence-electron chi connectivity index (χ2n) is 4.19. The molecule has 0 aliphatic heterocycles. The minimum atomic E-state index is 0.457. The third-order valence-electron chi connectivity index (χ3n) is 2.51. The van der Waals surface area contributed by atoms with Gasteiger partial charge in [-0.25, -0.2) is 0 Å². The van der Waals surface area contributed by atoms with Crippen LogP contribution in [0.1, 0.15) is 23.5 Å². The molecule has 1 rings (SSSR count). The van der Waals surface area contributed by atoms with Gasteiger partial charge in [-0.1, -0.05) is 0 Å². The number of anilines is 1. The van der Waals surface area contributed by atoms with Crippen molar-refractivity contribution in [2.75, 3.05) is 32.1 Å². The lowest BCUT2D eigenvalue weighted by Crippen LogP contribution is -2.39. The van der Waals surface area contributed by atoms with E-state index in [4.69, 9.17) is 0 Å². The van der Waals surface area contributed by atoms with Crippen molar-refractivity contribution < 1.29 is 4.79 Å². The average molecular weight is 240 g/mol. The molecule has 0 N–H and O–H groups in total. The lowest BCUT2D eigenvalue weighted by molar-refractivity contribution is 0.112. The summed E-state index contributed by atoms with van der Waals surface area (Å²) < 4.78 is 0. The number of aldehydes is 1. The van der Waals surface area contributed by atoms with Gasteiger partial charge in [0.2, 0.25) is 0 Å². The van der Waals surface area contributed by atoms with E-state index in [-0.39, 0.29) is 0 Å². The topological polar surface area (TPSA) is 23.6 Å². The molecule has 90 valence electrons. The third-order valence-corrected chi connectivity index (χ3v) is 3.56. The first-order valence-electron chi connectivity index (χ1n) is 5.54. The van der Waals surface area contributed by atoms with E-state index in [0.717, 1.165) is 24.3 Å². The van der Waals surface area contributed by atoms with Crippen molar-refractivity contribution in [3.05, 3.63) is 17.0 Å². The molecule has 1 unspecified atom stereocenters. The van der Waals surface area contributed by atoms with Gasteiger partial charge < -0.3 is 9.80 Å². The monoisotopic (exact) mass is 240 g/mol. The molecule has 0 saturated heterocycles. The van der Waals surface area contributed by atoms with Crippen LogP contribution < -0.4 is 4.90 Å². The zero-order chi connectivity index (χ0) is 12.1. The van der Waals surface area contributed by atoms with Crippen LogP contribution in [0, 0.1) is 0 Å². The highest BCUT2D eigenvalue weighted by Gasteiger charge is 2.15. The summed E-state index contributed by atoms with van der Waals surface area (Å²) in [6, 6.07) is 4.38. The molecule has 0 aromatic carbocycles. The van der Waals surface area contributed by atoms with Gasteiger partial charge in [0.25, 0.3) is 0 Å². The lowest BCUT2D eigenvalue weighted by atomic mass is 10.2. The molecule has 0 saturated carbocycles. The highest BCUT2D eigenvalue weighted by Crippen LogP contribution is 2.26. The predicted molar refractivity (Wildman–Crippen MR) is 70.7 cm³/mol. The Morgan fingerprint density at radius 3 is 2.56 bits per heavy atom. The Morgan fingerprint density at radius 2 is 2.12 bits per heavy atom. The molecular weight excluding hydrogens is 220 g/mol. The van der Waals surface area contributed by atoms with Gasteiger partial charge >= 0.3 is 0 Å². The minimum absolute atomic E-state index is 0.457. The van der Waals surface area contributed by atoms with Crippen LogP contribution in [0.25, 0.3) is 0 Å². The third kappa shape index (κ3) is 3.32. The van der Waals surface area contributed by atoms with E-state index in [1.165, 1.54) is 5.00 Å². The summed E-state index contributed by atoms with van der Waals surface area (Å²) in [6.45, 7) is 6.34. The quantitative estimate of drug-likeness (QED) is 0.713. The van der Waals surface area contributed by atoms with E-state index in [0.29, 0.717) is 6.04 Å². The van der Waals surface area contributed by atoms with Crippen LogP contribution in [0.3, 0.4) is 0 Å². The summed E-state index contributed by atoms with van der Waals surface area (Å²) in [5.41, 5.74) is 0. The SMILES string of the molecule is CCN(c1ccc(C=O)s1)C(C)CN(C)C. The second-order valence-corrected chi connectivity index (χ2v) is 5.28. The highest BCUT2D eigenvalue weighted by molar-refractivity contribution is 7.17. The molecular formula is C12H20N2OS. The molecule has 0 bridgehead atoms. The van der Waals surface area contributed by atoms with E-state index in [2.05, 4.69) is 37.7 Å². The maximum atomic E-state index is 10.7. The number of carbonyl (C=O) groups excluding carboxylic acids is 1. The smallest absolute Gasteiger partial charge is 0.160 e. The van der Waals surface area contributed by atoms with Crippen molar-refractivity contribution in [2.45, 2.75) is 19.9 Å². The first-order valence-corrected chi connectivity index (χ1v) is 6.36. The minimum Gasteiger partial charge on any atom is -0.360 e. The van der Waals surface area contributed by atoms with Crippen molar-refractivity contribution in [1.29, 1.82) is 0 Å². The Balaban J connectivity index is 2.76. The first-order chi connectivity index (χ1) is 7.58. The number of thiophene rings is 1. The Bertz CT molecular complexity index is 336. The largest absolute Gasteiger partial charge is 0.360 e. The van der Waals surface area contributed by atoms with Crippen molar-refractivity contribution in [3.63, 3.8) is 0 Å². The highest BCUT2D eigenvalue weighted by atomic mass is 32.1. The Morgan fingerprint density at radius 1 is 1.44 bits per heavy atom. The van der Waals surface area contributed by atoms with Crippen LogP contribution >= 0.6 is 11.3 Å². The Hall–Kier alpha value is -0.870. The van der Waals surface area contributed by atoms with E-state index in [1.54, 1.807) is 11.3 Å². The Kier molecular flexibility index (Phi) is 4.96. The van der Waals surface area contributed by atoms with Crippen LogP contribution in [0.5, 0.6) is 0 Å². The summed E-state index contributed by atoms with van der Waals surface area (Å²) in [5.74, 6) is 0. The molecule has 1 aromatic heterocycles. The number of likely N-dealkylation sites (N-methyl/N-ethyl adjacent to an activating group) is 2. The van der Waals surface area contributed by atoms with Crippen LogP contribution in [0.2, 0.25) is 0 Å². The van der Waals surface area contributed by atoms with Crippen molar-refractivity contribution in [3.8, 4) is 0 Å². The van der Waals surface area contributed by atoms with Crippen molar-refractivity contribution >= 4 is 22.6 Å². The van der Waals surface area contributed by atoms with E-state index in [1.807, 2.05) is 12.1 Å². The fourth-order valence-electron chi connectivity index (χ4n) is 1.87. The standard InChI is InChI=1S/C12H20N2OS/c1-5-14(10(2)8-13(3)4)12-7-6-11(9-15)16-12/h6-7,9-10H,5,8H2,1-4H3. The fraction of sp³-hybridized carbons (Fsp3) is 0.583. The van der Waals surface area contributed by atoms with Crippen LogP contribution in [-0.4, -0.2) is 44.4 Å². The van der Waals surface area contributed by atoms with Crippen LogP contribution in [0.4, 0.5) is 5.00 Å². The zero-order valence-corrected chi connectivity index (χ0v) is 11.3. The van der Waals surface area contributed by atoms with Gasteiger partial charge in [0, 0.05) is 19.1 Å². The zero-order valence-electron chi connectivity index (χ0n) is 10.4. The molecule has 4 heteroatoms. The normalized spacial score (nSPS) is 12.8. The molecule has 1 aromatic rings. The number of rotatable bonds is 6. The van der Waals surface area contributed by atoms with E-state index >= 15 is 0 Å². The second kappa shape index (κ2) is 6.01. The van der Waals surface area contributed by atoms with Gasteiger partial charge in [-0.3, -0.25) is 4.79 Å². The summed E-state index contributed by atoms with van der Waals surface area (Å²) in [5, 5.41) is 1.18. The molecule has 3 nitrogen and oxygen atoms in total. The molecule has 0 aliphatic rings. The summed E-state index contributed by atoms with van der Waals surface area (Å²) in [7, 11) is 4.16. The molecule has 1 atom stereocenters. The van der Waals surface area contributed by atoms with Gasteiger partial charge in [0.05, 0.1) is 9.88 Å². The van der Waals surface area contributed by atoms with Gasteiger partial charge in [-0.05, 0) is 40.1 Å². The molecule has 1 heterocycles. The fourth-order valence-corrected chi connectivity index (χ4v) is 2.86. The number of hydrogen-bond acceptors (Lipinski definition) is 4. The lowest BCUT2D eigenvalue weighted by Gasteiger charge is -2.30. The summed E-state index contributed by atoms with van der Waals surface area (Å²) in [4.78, 5) is 16.0. The number of carbonyl (C=O) groups is 1. The van der Waals surface area contributed by atoms with Gasteiger partial charge in [0.1, 0.15) is 0 Å². The number of nitrogens with zero attached hydrogens (tertiary/aromatic N) is 2. The van der Waals surface area contributed by atoms with Crippen LogP contribution in [0.15, 0.2) is 12.1 Å². The van der Waals surface area contributed by atoms with Gasteiger partial charge in [-0.15, -0.1) is 11.3 Å². The van der Waals surface area contributed by atoms with Gasteiger partial charge in [0.15, 0.2) is 6.29 Å². The Labute approximate surface area is 102 Å². The summed E-state index contributed by atoms with van der Waals surface area (Å²) in [6.07, 6.45) is 0.915. The molecule has 0 amide bonds. The van der Waals surface area contributed by atoms with E-state index in [9.17, 15) is 4.79 Å². The molecule has 16 heavy (non-hydrogen) atoms. The molecule has 0 aliphatic carbocycles. The molecule has 0 spiro atoms. The maximum absolute atomic E-state index is 10.7. The number of hydrogen-bond donors (Lipinski definition) is 0. The van der Waals surface area contributed by atoms with Gasteiger partial charge in [-0.2, -0.15) is 0 Å². The van der Waals surface area contributed by atoms with E-state index < -0.39 is 0 Å². The van der Waals surface area contributed by atoms with Crippen molar-refractivity contribution in [1.82, 2.24) is 4.90 Å². The maximum Gasteiger partial charge on any atom is 0.160 e. The summed E-state index contributed by atoms with van der Waals surface area (Å²) >= 11 is 1.56. The predicted octanol–water partition coefficient (Wildman–Crippen LogP) is 2.34. The average Bonchev–Trinajstić information content (AvgIpc) is 2.66. The molecule has 0 radical (unpaired) electrons. The molecule has 0 fully saturated rings. The van der Waals surface area contributed by atoms with Crippen molar-refractivity contribution in [2.24, 2.45) is 0 Å². The first kappa shape index (κ1) is 13.2.